The van der Waals surface area contributed by atoms with Crippen LogP contribution in [0.5, 0.6) is 0 Å². The topological polar surface area (TPSA) is 80.7 Å². The van der Waals surface area contributed by atoms with Gasteiger partial charge in [0, 0.05) is 36.7 Å². The Bertz CT molecular complexity index is 1610. The fourth-order valence-electron chi connectivity index (χ4n) is 5.13. The molecule has 0 radical (unpaired) electrons. The Morgan fingerprint density at radius 2 is 1.83 bits per heavy atom. The molecule has 2 heterocycles. The van der Waals surface area contributed by atoms with Crippen LogP contribution in [0.4, 0.5) is 16.3 Å². The average molecular weight is 566 g/mol. The van der Waals surface area contributed by atoms with Crippen molar-refractivity contribution < 1.29 is 14.3 Å². The molecule has 0 bridgehead atoms. The van der Waals surface area contributed by atoms with Crippen LogP contribution in [0.25, 0.3) is 16.5 Å². The van der Waals surface area contributed by atoms with E-state index in [0.29, 0.717) is 31.3 Å². The molecule has 2 amide bonds. The first-order valence-corrected chi connectivity index (χ1v) is 14.3. The summed E-state index contributed by atoms with van der Waals surface area (Å²) < 4.78 is 12.8. The third-order valence-corrected chi connectivity index (χ3v) is 7.36. The fourth-order valence-corrected chi connectivity index (χ4v) is 5.13. The first-order valence-electron chi connectivity index (χ1n) is 14.3. The van der Waals surface area contributed by atoms with E-state index in [4.69, 9.17) is 9.47 Å². The molecule has 5 rings (SSSR count). The molecule has 8 heteroatoms. The van der Waals surface area contributed by atoms with Gasteiger partial charge in [-0.1, -0.05) is 74.6 Å². The lowest BCUT2D eigenvalue weighted by molar-refractivity contribution is -0.0575. The zero-order valence-electron chi connectivity index (χ0n) is 25.0. The summed E-state index contributed by atoms with van der Waals surface area (Å²) in [4.78, 5) is 15.7. The van der Waals surface area contributed by atoms with Crippen molar-refractivity contribution in [1.82, 2.24) is 14.7 Å². The quantitative estimate of drug-likeness (QED) is 0.282. The van der Waals surface area contributed by atoms with Gasteiger partial charge in [0.1, 0.15) is 5.82 Å². The molecule has 0 spiro atoms. The summed E-state index contributed by atoms with van der Waals surface area (Å²) in [6.07, 6.45) is 1.91. The van der Waals surface area contributed by atoms with E-state index >= 15 is 0 Å². The van der Waals surface area contributed by atoms with Crippen molar-refractivity contribution in [2.75, 3.05) is 50.6 Å². The highest BCUT2D eigenvalue weighted by Crippen LogP contribution is 2.32. The molecular weight excluding hydrogens is 526 g/mol. The van der Waals surface area contributed by atoms with Crippen LogP contribution < -0.4 is 10.6 Å². The third kappa shape index (κ3) is 6.82. The normalized spacial score (nSPS) is 15.7. The molecule has 1 aromatic heterocycles. The number of nitrogens with one attached hydrogen (secondary N) is 2. The maximum Gasteiger partial charge on any atom is 0.324 e. The van der Waals surface area contributed by atoms with Gasteiger partial charge in [0.15, 0.2) is 0 Å². The van der Waals surface area contributed by atoms with Crippen molar-refractivity contribution in [3.63, 3.8) is 0 Å². The Morgan fingerprint density at radius 1 is 1.07 bits per heavy atom. The van der Waals surface area contributed by atoms with Crippen LogP contribution in [0.3, 0.4) is 0 Å². The number of ether oxygens (including phenoxy) is 2. The summed E-state index contributed by atoms with van der Waals surface area (Å²) in [6, 6.07) is 19.6. The standard InChI is InChI=1S/C34H39N5O3/c1-24-12-15-26(16-13-24)39-32(30(21-35-39)34(2,3)4)37-33(40)36-31-17-14-25(28-10-6-7-11-29(28)31)9-8-18-38-19-20-42-27(22-38)23-41-5/h6-7,10-17,21,27H,18-20,22-23H2,1-5H3,(H2,36,37,40). The van der Waals surface area contributed by atoms with Gasteiger partial charge in [-0.25, -0.2) is 9.48 Å². The molecule has 0 saturated carbocycles. The SMILES string of the molecule is COCC1CN(CC#Cc2ccc(NC(=O)Nc3c(C(C)(C)C)cnn3-c3ccc(C)cc3)c3ccccc23)CCO1. The van der Waals surface area contributed by atoms with Crippen molar-refractivity contribution in [1.29, 1.82) is 0 Å². The molecule has 1 aliphatic heterocycles. The second-order valence-electron chi connectivity index (χ2n) is 11.7. The molecule has 1 atom stereocenters. The van der Waals surface area contributed by atoms with Gasteiger partial charge in [-0.05, 0) is 42.0 Å². The predicted octanol–water partition coefficient (Wildman–Crippen LogP) is 5.97. The summed E-state index contributed by atoms with van der Waals surface area (Å²) in [5, 5.41) is 12.7. The molecule has 1 aliphatic rings. The zero-order valence-corrected chi connectivity index (χ0v) is 25.0. The minimum atomic E-state index is -0.337. The maximum absolute atomic E-state index is 13.4. The number of rotatable bonds is 6. The van der Waals surface area contributed by atoms with Crippen LogP contribution in [-0.4, -0.2) is 66.8 Å². The lowest BCUT2D eigenvalue weighted by Gasteiger charge is -2.31. The Labute approximate surface area is 248 Å². The Hall–Kier alpha value is -4.16. The molecule has 2 N–H and O–H groups in total. The van der Waals surface area contributed by atoms with Crippen LogP contribution in [0.1, 0.15) is 37.5 Å². The third-order valence-electron chi connectivity index (χ3n) is 7.36. The highest BCUT2D eigenvalue weighted by Gasteiger charge is 2.25. The van der Waals surface area contributed by atoms with E-state index in [9.17, 15) is 4.79 Å². The number of fused-ring (bicyclic) bond motifs is 1. The van der Waals surface area contributed by atoms with Crippen LogP contribution in [0.2, 0.25) is 0 Å². The molecule has 42 heavy (non-hydrogen) atoms. The Morgan fingerprint density at radius 3 is 2.57 bits per heavy atom. The van der Waals surface area contributed by atoms with Crippen LogP contribution in [0, 0.1) is 18.8 Å². The van der Waals surface area contributed by atoms with E-state index in [0.717, 1.165) is 46.2 Å². The molecule has 1 unspecified atom stereocenters. The predicted molar refractivity (Wildman–Crippen MR) is 169 cm³/mol. The van der Waals surface area contributed by atoms with Gasteiger partial charge >= 0.3 is 6.03 Å². The van der Waals surface area contributed by atoms with Crippen LogP contribution >= 0.6 is 0 Å². The molecule has 8 nitrogen and oxygen atoms in total. The summed E-state index contributed by atoms with van der Waals surface area (Å²) in [6.45, 7) is 12.0. The van der Waals surface area contributed by atoms with E-state index in [1.807, 2.05) is 73.8 Å². The second kappa shape index (κ2) is 12.8. The van der Waals surface area contributed by atoms with Crippen LogP contribution in [-0.2, 0) is 14.9 Å². The number of hydrogen-bond donors (Lipinski definition) is 2. The van der Waals surface area contributed by atoms with E-state index in [-0.39, 0.29) is 17.6 Å². The number of hydrogen-bond acceptors (Lipinski definition) is 5. The number of aromatic nitrogens is 2. The number of methoxy groups -OCH3 is 1. The van der Waals surface area contributed by atoms with Gasteiger partial charge in [0.05, 0.1) is 43.4 Å². The van der Waals surface area contributed by atoms with Crippen LogP contribution in [0.15, 0.2) is 66.9 Å². The number of urea groups is 1. The average Bonchev–Trinajstić information content (AvgIpc) is 3.39. The smallest absolute Gasteiger partial charge is 0.324 e. The summed E-state index contributed by atoms with van der Waals surface area (Å²) in [7, 11) is 1.69. The van der Waals surface area contributed by atoms with Gasteiger partial charge in [0.25, 0.3) is 0 Å². The first kappa shape index (κ1) is 29.3. The number of anilines is 2. The summed E-state index contributed by atoms with van der Waals surface area (Å²) in [5.41, 5.74) is 4.40. The zero-order chi connectivity index (χ0) is 29.7. The van der Waals surface area contributed by atoms with Crippen molar-refractivity contribution >= 4 is 28.3 Å². The summed E-state index contributed by atoms with van der Waals surface area (Å²) >= 11 is 0. The molecule has 3 aromatic carbocycles. The number of amides is 2. The fraction of sp³-hybridized carbons (Fsp3) is 0.353. The highest BCUT2D eigenvalue weighted by molar-refractivity contribution is 6.07. The van der Waals surface area contributed by atoms with Gasteiger partial charge in [0.2, 0.25) is 0 Å². The number of morpholine rings is 1. The molecule has 1 fully saturated rings. The minimum absolute atomic E-state index is 0.0814. The number of carbonyl (C=O) groups excluding carboxylic acids is 1. The Balaban J connectivity index is 1.36. The minimum Gasteiger partial charge on any atom is -0.382 e. The van der Waals surface area contributed by atoms with E-state index in [2.05, 4.69) is 53.2 Å². The van der Waals surface area contributed by atoms with Crippen molar-refractivity contribution in [3.05, 3.63) is 83.6 Å². The maximum atomic E-state index is 13.4. The van der Waals surface area contributed by atoms with E-state index in [1.165, 1.54) is 0 Å². The van der Waals surface area contributed by atoms with Crippen molar-refractivity contribution in [2.45, 2.75) is 39.2 Å². The summed E-state index contributed by atoms with van der Waals surface area (Å²) in [5.74, 6) is 7.33. The molecule has 1 saturated heterocycles. The number of benzene rings is 3. The highest BCUT2D eigenvalue weighted by atomic mass is 16.5. The molecular formula is C34H39N5O3. The first-order chi connectivity index (χ1) is 20.2. The Kier molecular flexibility index (Phi) is 8.93. The second-order valence-corrected chi connectivity index (χ2v) is 11.7. The van der Waals surface area contributed by atoms with Gasteiger partial charge < -0.3 is 14.8 Å². The molecule has 218 valence electrons. The van der Waals surface area contributed by atoms with Gasteiger partial charge in [-0.3, -0.25) is 10.2 Å². The largest absolute Gasteiger partial charge is 0.382 e. The van der Waals surface area contributed by atoms with Gasteiger partial charge in [-0.15, -0.1) is 0 Å². The van der Waals surface area contributed by atoms with E-state index < -0.39 is 0 Å². The van der Waals surface area contributed by atoms with Gasteiger partial charge in [-0.2, -0.15) is 5.10 Å². The lowest BCUT2D eigenvalue weighted by atomic mass is 9.89. The number of aryl methyl sites for hydroxylation is 1. The number of carbonyl (C=O) groups is 1. The lowest BCUT2D eigenvalue weighted by Crippen LogP contribution is -2.44. The van der Waals surface area contributed by atoms with E-state index in [1.54, 1.807) is 11.8 Å². The monoisotopic (exact) mass is 565 g/mol. The van der Waals surface area contributed by atoms with Crippen molar-refractivity contribution in [2.24, 2.45) is 0 Å². The van der Waals surface area contributed by atoms with Crippen molar-refractivity contribution in [3.8, 4) is 17.5 Å². The number of nitrogens with zero attached hydrogens (tertiary/aromatic N) is 3. The molecule has 4 aromatic rings. The molecule has 0 aliphatic carbocycles.